The van der Waals surface area contributed by atoms with E-state index in [9.17, 15) is 13.2 Å². The fourth-order valence-corrected chi connectivity index (χ4v) is 4.41. The van der Waals surface area contributed by atoms with E-state index in [0.717, 1.165) is 22.3 Å². The zero-order chi connectivity index (χ0) is 18.1. The van der Waals surface area contributed by atoms with Crippen LogP contribution in [-0.2, 0) is 17.8 Å². The zero-order valence-corrected chi connectivity index (χ0v) is 14.4. The van der Waals surface area contributed by atoms with E-state index < -0.39 is 17.7 Å². The van der Waals surface area contributed by atoms with Gasteiger partial charge in [0.2, 0.25) is 0 Å². The van der Waals surface area contributed by atoms with Gasteiger partial charge in [-0.3, -0.25) is 0 Å². The second kappa shape index (κ2) is 7.17. The number of aromatic nitrogens is 2. The Morgan fingerprint density at radius 3 is 2.65 bits per heavy atom. The molecule has 0 bridgehead atoms. The lowest BCUT2D eigenvalue weighted by atomic mass is 10.0. The second-order valence-corrected chi connectivity index (χ2v) is 7.33. The highest BCUT2D eigenvalue weighted by Gasteiger charge is 2.35. The highest BCUT2D eigenvalue weighted by molar-refractivity contribution is 8.00. The number of imidazole rings is 1. The largest absolute Gasteiger partial charge is 0.368 e. The van der Waals surface area contributed by atoms with E-state index in [-0.39, 0.29) is 23.2 Å². The Morgan fingerprint density at radius 2 is 1.88 bits per heavy atom. The van der Waals surface area contributed by atoms with Crippen LogP contribution in [0.2, 0.25) is 0 Å². The Balaban J connectivity index is 1.57. The summed E-state index contributed by atoms with van der Waals surface area (Å²) in [5.74, 6) is -0.828. The molecule has 26 heavy (non-hydrogen) atoms. The lowest BCUT2D eigenvalue weighted by molar-refractivity contribution is 0.0374. The highest BCUT2D eigenvalue weighted by atomic mass is 32.2. The van der Waals surface area contributed by atoms with Crippen LogP contribution in [0.4, 0.5) is 13.2 Å². The van der Waals surface area contributed by atoms with Gasteiger partial charge in [-0.05, 0) is 29.8 Å². The Bertz CT molecular complexity index is 917. The van der Waals surface area contributed by atoms with Crippen molar-refractivity contribution in [2.24, 2.45) is 0 Å². The number of rotatable bonds is 5. The minimum atomic E-state index is -0.655. The lowest BCUT2D eigenvalue weighted by Crippen LogP contribution is -2.17. The first kappa shape index (κ1) is 17.2. The van der Waals surface area contributed by atoms with Gasteiger partial charge in [-0.25, -0.2) is 18.2 Å². The SMILES string of the molecule is Fc1ccc(CO[C@H]2c3cc(F)ccc3S[C@H]2Cc2ncc[nH]2)c(F)c1. The molecule has 0 aliphatic carbocycles. The second-order valence-electron chi connectivity index (χ2n) is 6.05. The highest BCUT2D eigenvalue weighted by Crippen LogP contribution is 2.47. The van der Waals surface area contributed by atoms with Gasteiger partial charge in [0, 0.05) is 40.6 Å². The maximum atomic E-state index is 13.9. The molecule has 2 heterocycles. The lowest BCUT2D eigenvalue weighted by Gasteiger charge is -2.20. The van der Waals surface area contributed by atoms with Gasteiger partial charge in [-0.1, -0.05) is 6.07 Å². The summed E-state index contributed by atoms with van der Waals surface area (Å²) in [5, 5.41) is -0.0264. The molecule has 134 valence electrons. The van der Waals surface area contributed by atoms with Gasteiger partial charge in [-0.2, -0.15) is 0 Å². The third-order valence-electron chi connectivity index (χ3n) is 4.28. The molecule has 0 amide bonds. The van der Waals surface area contributed by atoms with Crippen molar-refractivity contribution in [1.29, 1.82) is 0 Å². The summed E-state index contributed by atoms with van der Waals surface area (Å²) in [6, 6.07) is 7.98. The molecular formula is C19H15F3N2OS. The summed E-state index contributed by atoms with van der Waals surface area (Å²) in [5.41, 5.74) is 1.01. The molecule has 1 aliphatic rings. The number of nitrogens with one attached hydrogen (secondary N) is 1. The van der Waals surface area contributed by atoms with E-state index in [1.807, 2.05) is 0 Å². The van der Waals surface area contributed by atoms with Gasteiger partial charge in [0.05, 0.1) is 12.7 Å². The first-order valence-electron chi connectivity index (χ1n) is 8.10. The van der Waals surface area contributed by atoms with E-state index >= 15 is 0 Å². The van der Waals surface area contributed by atoms with Crippen molar-refractivity contribution in [3.05, 3.63) is 83.2 Å². The van der Waals surface area contributed by atoms with Crippen LogP contribution in [0.25, 0.3) is 0 Å². The number of aromatic amines is 1. The van der Waals surface area contributed by atoms with Crippen molar-refractivity contribution in [2.75, 3.05) is 0 Å². The van der Waals surface area contributed by atoms with Crippen LogP contribution in [0.1, 0.15) is 23.1 Å². The van der Waals surface area contributed by atoms with E-state index in [1.165, 1.54) is 24.3 Å². The molecule has 1 aromatic heterocycles. The van der Waals surface area contributed by atoms with Gasteiger partial charge in [-0.15, -0.1) is 11.8 Å². The van der Waals surface area contributed by atoms with Gasteiger partial charge in [0.25, 0.3) is 0 Å². The van der Waals surface area contributed by atoms with E-state index in [0.29, 0.717) is 6.42 Å². The summed E-state index contributed by atoms with van der Waals surface area (Å²) < 4.78 is 46.6. The van der Waals surface area contributed by atoms with Crippen LogP contribution >= 0.6 is 11.8 Å². The molecule has 0 spiro atoms. The standard InChI is InChI=1S/C19H15F3N2OS/c20-12-3-4-16-14(7-12)19(17(26-16)9-18-23-5-6-24-18)25-10-11-1-2-13(21)8-15(11)22/h1-8,17,19H,9-10H2,(H,23,24)/t17-,19-/m0/s1. The van der Waals surface area contributed by atoms with Gasteiger partial charge in [0.15, 0.2) is 0 Å². The number of halogens is 3. The molecule has 0 unspecified atom stereocenters. The molecule has 2 aromatic carbocycles. The Morgan fingerprint density at radius 1 is 1.08 bits per heavy atom. The smallest absolute Gasteiger partial charge is 0.131 e. The minimum absolute atomic E-state index is 0.0258. The topological polar surface area (TPSA) is 37.9 Å². The molecule has 0 fully saturated rings. The molecule has 1 aliphatic heterocycles. The van der Waals surface area contributed by atoms with Gasteiger partial charge >= 0.3 is 0 Å². The predicted octanol–water partition coefficient (Wildman–Crippen LogP) is 4.80. The Hall–Kier alpha value is -2.25. The van der Waals surface area contributed by atoms with Crippen LogP contribution in [0.15, 0.2) is 53.7 Å². The Labute approximate surface area is 152 Å². The molecule has 0 radical (unpaired) electrons. The zero-order valence-electron chi connectivity index (χ0n) is 13.6. The quantitative estimate of drug-likeness (QED) is 0.695. The predicted molar refractivity (Wildman–Crippen MR) is 92.2 cm³/mol. The third-order valence-corrected chi connectivity index (χ3v) is 5.62. The van der Waals surface area contributed by atoms with Crippen LogP contribution in [-0.4, -0.2) is 15.2 Å². The monoisotopic (exact) mass is 376 g/mol. The van der Waals surface area contributed by atoms with Crippen molar-refractivity contribution in [3.63, 3.8) is 0 Å². The van der Waals surface area contributed by atoms with Crippen LogP contribution in [0.3, 0.4) is 0 Å². The summed E-state index contributed by atoms with van der Waals surface area (Å²) in [6.07, 6.45) is 3.60. The number of benzene rings is 2. The maximum absolute atomic E-state index is 13.9. The number of ether oxygens (including phenoxy) is 1. The minimum Gasteiger partial charge on any atom is -0.368 e. The summed E-state index contributed by atoms with van der Waals surface area (Å²) in [6.45, 7) is -0.0258. The summed E-state index contributed by atoms with van der Waals surface area (Å²) >= 11 is 1.59. The van der Waals surface area contributed by atoms with Crippen LogP contribution in [0.5, 0.6) is 0 Å². The van der Waals surface area contributed by atoms with Crippen molar-refractivity contribution < 1.29 is 17.9 Å². The van der Waals surface area contributed by atoms with Crippen molar-refractivity contribution in [2.45, 2.75) is 29.3 Å². The summed E-state index contributed by atoms with van der Waals surface area (Å²) in [7, 11) is 0. The fraction of sp³-hybridized carbons (Fsp3) is 0.211. The van der Waals surface area contributed by atoms with Crippen molar-refractivity contribution >= 4 is 11.8 Å². The Kier molecular flexibility index (Phi) is 4.74. The average molecular weight is 376 g/mol. The average Bonchev–Trinajstić information content (AvgIpc) is 3.22. The molecular weight excluding hydrogens is 361 g/mol. The third kappa shape index (κ3) is 3.50. The number of H-pyrrole nitrogens is 1. The number of hydrogen-bond acceptors (Lipinski definition) is 3. The van der Waals surface area contributed by atoms with Gasteiger partial charge in [0.1, 0.15) is 23.3 Å². The maximum Gasteiger partial charge on any atom is 0.131 e. The van der Waals surface area contributed by atoms with Crippen molar-refractivity contribution in [3.8, 4) is 0 Å². The first-order valence-corrected chi connectivity index (χ1v) is 8.98. The molecule has 4 rings (SSSR count). The summed E-state index contributed by atoms with van der Waals surface area (Å²) in [4.78, 5) is 8.23. The van der Waals surface area contributed by atoms with Crippen LogP contribution < -0.4 is 0 Å². The number of hydrogen-bond donors (Lipinski definition) is 1. The first-order chi connectivity index (χ1) is 12.6. The molecule has 3 aromatic rings. The molecule has 1 N–H and O–H groups in total. The number of thioether (sulfide) groups is 1. The fourth-order valence-electron chi connectivity index (χ4n) is 3.04. The molecule has 3 nitrogen and oxygen atoms in total. The van der Waals surface area contributed by atoms with E-state index in [1.54, 1.807) is 30.2 Å². The van der Waals surface area contributed by atoms with Gasteiger partial charge < -0.3 is 9.72 Å². The van der Waals surface area contributed by atoms with Crippen LogP contribution in [0, 0.1) is 17.5 Å². The molecule has 0 saturated carbocycles. The number of nitrogens with zero attached hydrogens (tertiary/aromatic N) is 1. The van der Waals surface area contributed by atoms with Crippen molar-refractivity contribution in [1.82, 2.24) is 9.97 Å². The van der Waals surface area contributed by atoms with E-state index in [2.05, 4.69) is 9.97 Å². The normalized spacial score (nSPS) is 18.9. The molecule has 0 saturated heterocycles. The molecule has 2 atom stereocenters. The number of fused-ring (bicyclic) bond motifs is 1. The van der Waals surface area contributed by atoms with E-state index in [4.69, 9.17) is 4.74 Å². The molecule has 7 heteroatoms.